The Labute approximate surface area is 101 Å². The van der Waals surface area contributed by atoms with Crippen LogP contribution in [0.4, 0.5) is 0 Å². The number of aryl methyl sites for hydroxylation is 1. The Morgan fingerprint density at radius 1 is 1.44 bits per heavy atom. The van der Waals surface area contributed by atoms with Gasteiger partial charge in [0.05, 0.1) is 11.9 Å². The molecule has 0 fully saturated rings. The van der Waals surface area contributed by atoms with Crippen LogP contribution in [-0.4, -0.2) is 31.6 Å². The summed E-state index contributed by atoms with van der Waals surface area (Å²) in [4.78, 5) is 1.32. The van der Waals surface area contributed by atoms with Crippen LogP contribution in [0.25, 0.3) is 0 Å². The van der Waals surface area contributed by atoms with Gasteiger partial charge in [-0.15, -0.1) is 11.3 Å². The second-order valence-corrected chi connectivity index (χ2v) is 7.34. The maximum atomic E-state index is 10.9. The van der Waals surface area contributed by atoms with Crippen molar-refractivity contribution in [3.05, 3.63) is 22.4 Å². The maximum Gasteiger partial charge on any atom is 0.147 e. The van der Waals surface area contributed by atoms with E-state index in [1.54, 1.807) is 11.3 Å². The summed E-state index contributed by atoms with van der Waals surface area (Å²) >= 11 is 1.71. The van der Waals surface area contributed by atoms with Crippen LogP contribution in [0.1, 0.15) is 24.1 Å². The van der Waals surface area contributed by atoms with E-state index in [1.165, 1.54) is 11.1 Å². The first-order valence-electron chi connectivity index (χ1n) is 5.35. The van der Waals surface area contributed by atoms with Gasteiger partial charge >= 0.3 is 0 Å². The van der Waals surface area contributed by atoms with Crippen molar-refractivity contribution in [2.45, 2.75) is 31.8 Å². The van der Waals surface area contributed by atoms with Gasteiger partial charge in [-0.3, -0.25) is 0 Å². The standard InChI is InChI=1S/C11H18O3S2/c1-16(13,14)9-7-10(12)4-2-5-11-6-3-8-15-11/h3,6,8,10,12H,2,4-5,7,9H2,1H3. The van der Waals surface area contributed by atoms with E-state index in [0.29, 0.717) is 12.8 Å². The molecule has 0 bridgehead atoms. The lowest BCUT2D eigenvalue weighted by atomic mass is 10.1. The van der Waals surface area contributed by atoms with Crippen LogP contribution < -0.4 is 0 Å². The topological polar surface area (TPSA) is 54.4 Å². The first-order chi connectivity index (χ1) is 7.47. The van der Waals surface area contributed by atoms with Crippen LogP contribution in [-0.2, 0) is 16.3 Å². The third-order valence-corrected chi connectivity index (χ3v) is 4.28. The second kappa shape index (κ2) is 6.37. The molecule has 0 saturated carbocycles. The fourth-order valence-corrected chi connectivity index (χ4v) is 2.91. The summed E-state index contributed by atoms with van der Waals surface area (Å²) in [5.74, 6) is 0.0766. The van der Waals surface area contributed by atoms with Crippen molar-refractivity contribution in [3.8, 4) is 0 Å². The molecule has 1 unspecified atom stereocenters. The predicted molar refractivity (Wildman–Crippen MR) is 67.6 cm³/mol. The minimum Gasteiger partial charge on any atom is -0.393 e. The van der Waals surface area contributed by atoms with Crippen molar-refractivity contribution in [2.24, 2.45) is 0 Å². The SMILES string of the molecule is CS(=O)(=O)CCC(O)CCCc1cccs1. The van der Waals surface area contributed by atoms with Gasteiger partial charge in [0.2, 0.25) is 0 Å². The highest BCUT2D eigenvalue weighted by atomic mass is 32.2. The normalized spacial score (nSPS) is 13.9. The monoisotopic (exact) mass is 262 g/mol. The zero-order valence-electron chi connectivity index (χ0n) is 9.43. The summed E-state index contributed by atoms with van der Waals surface area (Å²) in [6.07, 6.45) is 3.61. The molecule has 5 heteroatoms. The number of hydrogen-bond donors (Lipinski definition) is 1. The molecule has 1 aromatic rings. The third kappa shape index (κ3) is 6.25. The van der Waals surface area contributed by atoms with Crippen LogP contribution in [0.2, 0.25) is 0 Å². The molecule has 1 rings (SSSR count). The molecule has 1 heterocycles. The lowest BCUT2D eigenvalue weighted by Gasteiger charge is -2.08. The number of aliphatic hydroxyl groups is 1. The Morgan fingerprint density at radius 2 is 2.19 bits per heavy atom. The van der Waals surface area contributed by atoms with Gasteiger partial charge < -0.3 is 5.11 Å². The van der Waals surface area contributed by atoms with E-state index in [4.69, 9.17) is 0 Å². The van der Waals surface area contributed by atoms with Gasteiger partial charge in [-0.2, -0.15) is 0 Å². The molecule has 1 aromatic heterocycles. The van der Waals surface area contributed by atoms with E-state index in [2.05, 4.69) is 6.07 Å². The van der Waals surface area contributed by atoms with Gasteiger partial charge in [0.15, 0.2) is 0 Å². The number of rotatable bonds is 7. The average molecular weight is 262 g/mol. The van der Waals surface area contributed by atoms with Crippen LogP contribution >= 0.6 is 11.3 Å². The van der Waals surface area contributed by atoms with Gasteiger partial charge in [-0.05, 0) is 37.1 Å². The summed E-state index contributed by atoms with van der Waals surface area (Å²) in [6.45, 7) is 0. The predicted octanol–water partition coefficient (Wildman–Crippen LogP) is 1.87. The van der Waals surface area contributed by atoms with E-state index in [0.717, 1.165) is 12.8 Å². The number of aliphatic hydroxyl groups excluding tert-OH is 1. The largest absolute Gasteiger partial charge is 0.393 e. The molecule has 0 amide bonds. The molecule has 0 aliphatic heterocycles. The van der Waals surface area contributed by atoms with Gasteiger partial charge in [0, 0.05) is 11.1 Å². The van der Waals surface area contributed by atoms with Crippen molar-refractivity contribution in [3.63, 3.8) is 0 Å². The van der Waals surface area contributed by atoms with Crippen LogP contribution in [0.5, 0.6) is 0 Å². The molecule has 16 heavy (non-hydrogen) atoms. The zero-order valence-corrected chi connectivity index (χ0v) is 11.1. The third-order valence-electron chi connectivity index (χ3n) is 2.36. The van der Waals surface area contributed by atoms with Crippen molar-refractivity contribution >= 4 is 21.2 Å². The van der Waals surface area contributed by atoms with E-state index >= 15 is 0 Å². The Kier molecular flexibility index (Phi) is 5.44. The van der Waals surface area contributed by atoms with Crippen LogP contribution in [0.3, 0.4) is 0 Å². The fraction of sp³-hybridized carbons (Fsp3) is 0.636. The van der Waals surface area contributed by atoms with Crippen molar-refractivity contribution in [2.75, 3.05) is 12.0 Å². The Morgan fingerprint density at radius 3 is 2.75 bits per heavy atom. The molecule has 0 aliphatic carbocycles. The first-order valence-corrected chi connectivity index (χ1v) is 8.29. The van der Waals surface area contributed by atoms with Gasteiger partial charge in [-0.1, -0.05) is 6.07 Å². The van der Waals surface area contributed by atoms with Crippen molar-refractivity contribution in [1.29, 1.82) is 0 Å². The summed E-state index contributed by atoms with van der Waals surface area (Å²) in [6, 6.07) is 4.09. The maximum absolute atomic E-state index is 10.9. The van der Waals surface area contributed by atoms with Crippen LogP contribution in [0, 0.1) is 0 Å². The molecule has 92 valence electrons. The van der Waals surface area contributed by atoms with Gasteiger partial charge in [0.25, 0.3) is 0 Å². The molecule has 0 aromatic carbocycles. The average Bonchev–Trinajstić information content (AvgIpc) is 2.66. The minimum absolute atomic E-state index is 0.0766. The van der Waals surface area contributed by atoms with E-state index in [1.807, 2.05) is 11.4 Å². The highest BCUT2D eigenvalue weighted by Gasteiger charge is 2.09. The Balaban J connectivity index is 2.13. The summed E-state index contributed by atoms with van der Waals surface area (Å²) in [7, 11) is -2.95. The summed E-state index contributed by atoms with van der Waals surface area (Å²) < 4.78 is 21.8. The first kappa shape index (κ1) is 13.7. The Bertz CT molecular complexity index is 381. The zero-order chi connectivity index (χ0) is 12.0. The molecule has 3 nitrogen and oxygen atoms in total. The molecular formula is C11H18O3S2. The number of sulfone groups is 1. The lowest BCUT2D eigenvalue weighted by molar-refractivity contribution is 0.158. The summed E-state index contributed by atoms with van der Waals surface area (Å²) in [5, 5.41) is 11.6. The summed E-state index contributed by atoms with van der Waals surface area (Å²) in [5.41, 5.74) is 0. The molecule has 0 aliphatic rings. The number of hydrogen-bond acceptors (Lipinski definition) is 4. The highest BCUT2D eigenvalue weighted by molar-refractivity contribution is 7.90. The molecular weight excluding hydrogens is 244 g/mol. The van der Waals surface area contributed by atoms with E-state index in [-0.39, 0.29) is 5.75 Å². The van der Waals surface area contributed by atoms with E-state index < -0.39 is 15.9 Å². The second-order valence-electron chi connectivity index (χ2n) is 4.04. The molecule has 1 N–H and O–H groups in total. The molecule has 0 saturated heterocycles. The fourth-order valence-electron chi connectivity index (χ4n) is 1.46. The lowest BCUT2D eigenvalue weighted by Crippen LogP contribution is -2.14. The highest BCUT2D eigenvalue weighted by Crippen LogP contribution is 2.13. The quantitative estimate of drug-likeness (QED) is 0.816. The molecule has 0 radical (unpaired) electrons. The Hall–Kier alpha value is -0.390. The minimum atomic E-state index is -2.95. The van der Waals surface area contributed by atoms with Crippen LogP contribution in [0.15, 0.2) is 17.5 Å². The molecule has 0 spiro atoms. The van der Waals surface area contributed by atoms with Crippen molar-refractivity contribution in [1.82, 2.24) is 0 Å². The smallest absolute Gasteiger partial charge is 0.147 e. The molecule has 1 atom stereocenters. The van der Waals surface area contributed by atoms with Crippen molar-refractivity contribution < 1.29 is 13.5 Å². The van der Waals surface area contributed by atoms with Gasteiger partial charge in [0.1, 0.15) is 9.84 Å². The van der Waals surface area contributed by atoms with E-state index in [9.17, 15) is 13.5 Å². The van der Waals surface area contributed by atoms with Gasteiger partial charge in [-0.25, -0.2) is 8.42 Å². The number of thiophene rings is 1.